The quantitative estimate of drug-likeness (QED) is 0.256. The number of non-ortho nitro benzene ring substituents is 1. The fourth-order valence-corrected chi connectivity index (χ4v) is 4.09. The van der Waals surface area contributed by atoms with E-state index in [9.17, 15) is 14.9 Å². The number of thioether (sulfide) groups is 1. The average Bonchev–Trinajstić information content (AvgIpc) is 3.12. The summed E-state index contributed by atoms with van der Waals surface area (Å²) >= 11 is 4.71. The van der Waals surface area contributed by atoms with Crippen LogP contribution in [0.3, 0.4) is 0 Å². The highest BCUT2D eigenvalue weighted by Gasteiger charge is 2.24. The molecule has 0 atom stereocenters. The van der Waals surface area contributed by atoms with E-state index in [4.69, 9.17) is 4.74 Å². The molecule has 0 bridgehead atoms. The standard InChI is InChI=1S/C23H16BrN3O4S/c24-17-8-11-20(31-14-15-6-9-19(10-7-15)27(29)30)16(12-17)13-21-22(28)26-23(32-21)25-18-4-2-1-3-5-18/h1-13H,14H2,(H,25,26,28)/b21-13-. The van der Waals surface area contributed by atoms with Crippen LogP contribution in [0, 0.1) is 10.1 Å². The number of ether oxygens (including phenoxy) is 1. The SMILES string of the molecule is O=C1NC(=Nc2ccccc2)S/C1=C\c1cc(Br)ccc1OCc1ccc([N+](=O)[O-])cc1. The maximum atomic E-state index is 12.5. The Balaban J connectivity index is 1.53. The van der Waals surface area contributed by atoms with Crippen molar-refractivity contribution in [1.82, 2.24) is 5.32 Å². The number of amidine groups is 1. The number of aliphatic imine (C=N–C) groups is 1. The number of rotatable bonds is 6. The first-order chi connectivity index (χ1) is 15.5. The lowest BCUT2D eigenvalue weighted by Crippen LogP contribution is -2.19. The summed E-state index contributed by atoms with van der Waals surface area (Å²) in [6.07, 6.45) is 1.75. The normalized spacial score (nSPS) is 15.7. The van der Waals surface area contributed by atoms with Gasteiger partial charge in [-0.1, -0.05) is 34.1 Å². The van der Waals surface area contributed by atoms with Gasteiger partial charge in [-0.05, 0) is 65.9 Å². The van der Waals surface area contributed by atoms with E-state index in [0.717, 1.165) is 21.3 Å². The van der Waals surface area contributed by atoms with Gasteiger partial charge in [0.15, 0.2) is 5.17 Å². The van der Waals surface area contributed by atoms with Gasteiger partial charge in [0.05, 0.1) is 15.5 Å². The van der Waals surface area contributed by atoms with Gasteiger partial charge >= 0.3 is 0 Å². The molecule has 32 heavy (non-hydrogen) atoms. The van der Waals surface area contributed by atoms with Crippen LogP contribution < -0.4 is 10.1 Å². The maximum absolute atomic E-state index is 12.5. The predicted molar refractivity (Wildman–Crippen MR) is 129 cm³/mol. The molecule has 160 valence electrons. The number of nitrogens with one attached hydrogen (secondary N) is 1. The number of amides is 1. The number of carbonyl (C=O) groups excluding carboxylic acids is 1. The number of benzene rings is 3. The highest BCUT2D eigenvalue weighted by Crippen LogP contribution is 2.32. The van der Waals surface area contributed by atoms with Crippen LogP contribution in [0.25, 0.3) is 6.08 Å². The molecular weight excluding hydrogens is 494 g/mol. The van der Waals surface area contributed by atoms with Crippen LogP contribution in [0.15, 0.2) is 87.2 Å². The van der Waals surface area contributed by atoms with Gasteiger partial charge < -0.3 is 10.1 Å². The van der Waals surface area contributed by atoms with Gasteiger partial charge in [0.25, 0.3) is 11.6 Å². The van der Waals surface area contributed by atoms with E-state index in [-0.39, 0.29) is 18.2 Å². The third kappa shape index (κ3) is 5.43. The van der Waals surface area contributed by atoms with Crippen molar-refractivity contribution in [2.45, 2.75) is 6.61 Å². The Morgan fingerprint density at radius 2 is 1.84 bits per heavy atom. The van der Waals surface area contributed by atoms with E-state index in [1.54, 1.807) is 24.3 Å². The zero-order chi connectivity index (χ0) is 22.5. The van der Waals surface area contributed by atoms with Gasteiger partial charge in [-0.15, -0.1) is 0 Å². The summed E-state index contributed by atoms with van der Waals surface area (Å²) in [4.78, 5) is 27.8. The second-order valence-electron chi connectivity index (χ2n) is 6.71. The molecule has 1 heterocycles. The monoisotopic (exact) mass is 509 g/mol. The van der Waals surface area contributed by atoms with Gasteiger partial charge in [0, 0.05) is 22.2 Å². The van der Waals surface area contributed by atoms with Crippen molar-refractivity contribution in [2.24, 2.45) is 4.99 Å². The third-order valence-electron chi connectivity index (χ3n) is 4.44. The molecule has 1 aliphatic rings. The topological polar surface area (TPSA) is 93.8 Å². The molecule has 3 aromatic carbocycles. The second kappa shape index (κ2) is 9.80. The molecule has 1 aliphatic heterocycles. The Kier molecular flexibility index (Phi) is 6.67. The van der Waals surface area contributed by atoms with Crippen molar-refractivity contribution < 1.29 is 14.5 Å². The number of hydrogen-bond donors (Lipinski definition) is 1. The van der Waals surface area contributed by atoms with Crippen LogP contribution in [0.2, 0.25) is 0 Å². The zero-order valence-electron chi connectivity index (χ0n) is 16.5. The Hall–Kier alpha value is -3.43. The van der Waals surface area contributed by atoms with E-state index in [2.05, 4.69) is 26.2 Å². The molecular formula is C23H16BrN3O4S. The van der Waals surface area contributed by atoms with Gasteiger partial charge in [0.2, 0.25) is 0 Å². The summed E-state index contributed by atoms with van der Waals surface area (Å²) in [5.74, 6) is 0.354. The minimum absolute atomic E-state index is 0.0278. The summed E-state index contributed by atoms with van der Waals surface area (Å²) in [5, 5.41) is 14.1. The van der Waals surface area contributed by atoms with Crippen molar-refractivity contribution in [2.75, 3.05) is 0 Å². The lowest BCUT2D eigenvalue weighted by atomic mass is 10.1. The lowest BCUT2D eigenvalue weighted by Gasteiger charge is -2.10. The zero-order valence-corrected chi connectivity index (χ0v) is 18.9. The summed E-state index contributed by atoms with van der Waals surface area (Å²) in [6, 6.07) is 21.1. The molecule has 1 amide bonds. The molecule has 4 rings (SSSR count). The van der Waals surface area contributed by atoms with E-state index in [1.165, 1.54) is 23.9 Å². The van der Waals surface area contributed by atoms with E-state index >= 15 is 0 Å². The molecule has 0 spiro atoms. The molecule has 3 aromatic rings. The van der Waals surface area contributed by atoms with Crippen molar-refractivity contribution >= 4 is 56.2 Å². The maximum Gasteiger partial charge on any atom is 0.269 e. The van der Waals surface area contributed by atoms with Crippen LogP contribution in [0.4, 0.5) is 11.4 Å². The number of halogens is 1. The number of nitro groups is 1. The van der Waals surface area contributed by atoms with Crippen LogP contribution in [-0.4, -0.2) is 16.0 Å². The number of nitrogens with zero attached hydrogens (tertiary/aromatic N) is 2. The van der Waals surface area contributed by atoms with E-state index < -0.39 is 4.92 Å². The first-order valence-electron chi connectivity index (χ1n) is 9.48. The first-order valence-corrected chi connectivity index (χ1v) is 11.1. The number of hydrogen-bond acceptors (Lipinski definition) is 6. The highest BCUT2D eigenvalue weighted by atomic mass is 79.9. The van der Waals surface area contributed by atoms with Crippen molar-refractivity contribution in [3.8, 4) is 5.75 Å². The van der Waals surface area contributed by atoms with Gasteiger partial charge in [0.1, 0.15) is 12.4 Å². The Morgan fingerprint density at radius 3 is 2.56 bits per heavy atom. The molecule has 0 aliphatic carbocycles. The molecule has 1 N–H and O–H groups in total. The molecule has 1 fully saturated rings. The van der Waals surface area contributed by atoms with Crippen LogP contribution in [-0.2, 0) is 11.4 Å². The Bertz CT molecular complexity index is 1230. The second-order valence-corrected chi connectivity index (χ2v) is 8.66. The van der Waals surface area contributed by atoms with Crippen molar-refractivity contribution in [3.63, 3.8) is 0 Å². The van der Waals surface area contributed by atoms with E-state index in [0.29, 0.717) is 15.8 Å². The molecule has 0 saturated carbocycles. The fraction of sp³-hybridized carbons (Fsp3) is 0.0435. The van der Waals surface area contributed by atoms with E-state index in [1.807, 2.05) is 42.5 Å². The molecule has 9 heteroatoms. The average molecular weight is 510 g/mol. The molecule has 0 unspecified atom stereocenters. The number of carbonyl (C=O) groups is 1. The summed E-state index contributed by atoms with van der Waals surface area (Å²) < 4.78 is 6.78. The minimum atomic E-state index is -0.441. The molecule has 1 saturated heterocycles. The first kappa shape index (κ1) is 21.8. The number of para-hydroxylation sites is 1. The lowest BCUT2D eigenvalue weighted by molar-refractivity contribution is -0.384. The Morgan fingerprint density at radius 1 is 1.09 bits per heavy atom. The van der Waals surface area contributed by atoms with Crippen LogP contribution in [0.5, 0.6) is 5.75 Å². The van der Waals surface area contributed by atoms with Gasteiger partial charge in [-0.25, -0.2) is 4.99 Å². The minimum Gasteiger partial charge on any atom is -0.488 e. The highest BCUT2D eigenvalue weighted by molar-refractivity contribution is 9.10. The number of nitro benzene ring substituents is 1. The summed E-state index contributed by atoms with van der Waals surface area (Å²) in [6.45, 7) is 0.232. The largest absolute Gasteiger partial charge is 0.488 e. The molecule has 0 radical (unpaired) electrons. The summed E-state index contributed by atoms with van der Waals surface area (Å²) in [7, 11) is 0. The van der Waals surface area contributed by atoms with Crippen molar-refractivity contribution in [3.05, 3.63) is 103 Å². The smallest absolute Gasteiger partial charge is 0.269 e. The van der Waals surface area contributed by atoms with Crippen LogP contribution in [0.1, 0.15) is 11.1 Å². The van der Waals surface area contributed by atoms with Crippen LogP contribution >= 0.6 is 27.7 Å². The van der Waals surface area contributed by atoms with Gasteiger partial charge in [-0.3, -0.25) is 14.9 Å². The predicted octanol–water partition coefficient (Wildman–Crippen LogP) is 5.83. The third-order valence-corrected chi connectivity index (χ3v) is 5.84. The van der Waals surface area contributed by atoms with Gasteiger partial charge in [-0.2, -0.15) is 0 Å². The van der Waals surface area contributed by atoms with Crippen molar-refractivity contribution in [1.29, 1.82) is 0 Å². The molecule has 7 nitrogen and oxygen atoms in total. The Labute approximate surface area is 196 Å². The summed E-state index contributed by atoms with van der Waals surface area (Å²) in [5.41, 5.74) is 2.30. The molecule has 0 aromatic heterocycles. The fourth-order valence-electron chi connectivity index (χ4n) is 2.88.